The molecule has 2 aromatic carbocycles. The number of carboxylic acid groups (broad SMARTS) is 1. The van der Waals surface area contributed by atoms with Crippen molar-refractivity contribution in [3.63, 3.8) is 0 Å². The third-order valence-corrected chi connectivity index (χ3v) is 5.87. The molecule has 8 nitrogen and oxygen atoms in total. The van der Waals surface area contributed by atoms with Crippen LogP contribution < -0.4 is 10.6 Å². The highest BCUT2D eigenvalue weighted by atomic mass is 35.5. The summed E-state index contributed by atoms with van der Waals surface area (Å²) in [7, 11) is 0. The van der Waals surface area contributed by atoms with Gasteiger partial charge in [-0.1, -0.05) is 37.6 Å². The molecule has 0 spiro atoms. The summed E-state index contributed by atoms with van der Waals surface area (Å²) in [4.78, 5) is 41.7. The van der Waals surface area contributed by atoms with Crippen molar-refractivity contribution in [1.29, 1.82) is 0 Å². The van der Waals surface area contributed by atoms with Crippen molar-refractivity contribution in [2.24, 2.45) is 0 Å². The minimum atomic E-state index is -1.31. The molecule has 0 aliphatic rings. The molecule has 1 aromatic heterocycles. The van der Waals surface area contributed by atoms with Gasteiger partial charge in [-0.2, -0.15) is 0 Å². The lowest BCUT2D eigenvalue weighted by atomic mass is 10.1. The van der Waals surface area contributed by atoms with E-state index >= 15 is 0 Å². The molecule has 4 N–H and O–H groups in total. The number of carboxylic acids is 1. The van der Waals surface area contributed by atoms with Gasteiger partial charge >= 0.3 is 5.97 Å². The lowest BCUT2D eigenvalue weighted by molar-refractivity contribution is -0.132. The molecular formula is C24H22ClN3O5S. The Kier molecular flexibility index (Phi) is 8.04. The summed E-state index contributed by atoms with van der Waals surface area (Å²) in [6.45, 7) is 4.06. The molecule has 2 amide bonds. The summed E-state index contributed by atoms with van der Waals surface area (Å²) in [5, 5.41) is 24.1. The first kappa shape index (κ1) is 24.9. The van der Waals surface area contributed by atoms with E-state index in [-0.39, 0.29) is 40.1 Å². The molecule has 0 aliphatic heterocycles. The van der Waals surface area contributed by atoms with Gasteiger partial charge in [0, 0.05) is 12.1 Å². The number of halogens is 1. The summed E-state index contributed by atoms with van der Waals surface area (Å²) >= 11 is 7.50. The van der Waals surface area contributed by atoms with E-state index in [1.165, 1.54) is 47.7 Å². The van der Waals surface area contributed by atoms with Crippen LogP contribution in [0, 0.1) is 0 Å². The van der Waals surface area contributed by atoms with Crippen LogP contribution >= 0.6 is 22.9 Å². The Morgan fingerprint density at radius 2 is 1.91 bits per heavy atom. The highest BCUT2D eigenvalue weighted by Crippen LogP contribution is 2.24. The number of carbonyl (C=O) groups is 3. The number of carbonyl (C=O) groups excluding carboxylic acids is 2. The number of rotatable bonds is 8. The average Bonchev–Trinajstić information content (AvgIpc) is 3.25. The Morgan fingerprint density at radius 3 is 2.56 bits per heavy atom. The van der Waals surface area contributed by atoms with Crippen LogP contribution in [0.4, 0.5) is 0 Å². The lowest BCUT2D eigenvalue weighted by Crippen LogP contribution is -2.28. The van der Waals surface area contributed by atoms with Crippen molar-refractivity contribution in [1.82, 2.24) is 15.6 Å². The Balaban J connectivity index is 1.73. The largest absolute Gasteiger partial charge is 0.508 e. The summed E-state index contributed by atoms with van der Waals surface area (Å²) in [5.41, 5.74) is 2.99. The molecule has 0 unspecified atom stereocenters. The summed E-state index contributed by atoms with van der Waals surface area (Å²) < 4.78 is 0. The monoisotopic (exact) mass is 499 g/mol. The van der Waals surface area contributed by atoms with Gasteiger partial charge in [0.25, 0.3) is 11.8 Å². The normalized spacial score (nSPS) is 11.4. The van der Waals surface area contributed by atoms with Crippen LogP contribution in [0.5, 0.6) is 5.75 Å². The maximum absolute atomic E-state index is 12.7. The predicted octanol–water partition coefficient (Wildman–Crippen LogP) is 4.41. The quantitative estimate of drug-likeness (QED) is 0.340. The molecule has 3 rings (SSSR count). The highest BCUT2D eigenvalue weighted by molar-refractivity contribution is 7.10. The minimum absolute atomic E-state index is 0.00657. The maximum Gasteiger partial charge on any atom is 0.352 e. The van der Waals surface area contributed by atoms with Crippen molar-refractivity contribution in [2.75, 3.05) is 0 Å². The summed E-state index contributed by atoms with van der Waals surface area (Å²) in [6.07, 6.45) is 1.37. The van der Waals surface area contributed by atoms with Crippen LogP contribution in [0.15, 0.2) is 53.7 Å². The Morgan fingerprint density at radius 1 is 1.15 bits per heavy atom. The van der Waals surface area contributed by atoms with E-state index in [0.717, 1.165) is 5.69 Å². The third kappa shape index (κ3) is 6.21. The highest BCUT2D eigenvalue weighted by Gasteiger charge is 2.19. The zero-order chi connectivity index (χ0) is 24.8. The zero-order valence-electron chi connectivity index (χ0n) is 18.3. The number of nitrogens with zero attached hydrogens (tertiary/aromatic N) is 1. The molecule has 0 saturated carbocycles. The second-order valence-electron chi connectivity index (χ2n) is 7.62. The van der Waals surface area contributed by atoms with Crippen LogP contribution in [0.1, 0.15) is 56.6 Å². The van der Waals surface area contributed by atoms with E-state index in [2.05, 4.69) is 15.6 Å². The fraction of sp³-hybridized carbons (Fsp3) is 0.167. The van der Waals surface area contributed by atoms with Crippen LogP contribution in [0.3, 0.4) is 0 Å². The van der Waals surface area contributed by atoms with E-state index in [4.69, 9.17) is 11.6 Å². The van der Waals surface area contributed by atoms with Gasteiger partial charge in [-0.05, 0) is 47.9 Å². The zero-order valence-corrected chi connectivity index (χ0v) is 19.9. The molecule has 0 radical (unpaired) electrons. The maximum atomic E-state index is 12.7. The molecular weight excluding hydrogens is 478 g/mol. The number of hydrogen-bond donors (Lipinski definition) is 4. The Hall–Kier alpha value is -3.69. The number of phenols is 1. The molecule has 0 aliphatic carbocycles. The van der Waals surface area contributed by atoms with Crippen LogP contribution in [-0.4, -0.2) is 33.0 Å². The van der Waals surface area contributed by atoms with Crippen LogP contribution in [0.25, 0.3) is 6.08 Å². The topological polar surface area (TPSA) is 129 Å². The second-order valence-corrected chi connectivity index (χ2v) is 8.91. The van der Waals surface area contributed by atoms with Gasteiger partial charge in [0.2, 0.25) is 0 Å². The van der Waals surface area contributed by atoms with Gasteiger partial charge in [-0.25, -0.2) is 9.78 Å². The van der Waals surface area contributed by atoms with Crippen LogP contribution in [-0.2, 0) is 11.3 Å². The number of nitrogens with one attached hydrogen (secondary N) is 2. The molecule has 34 heavy (non-hydrogen) atoms. The van der Waals surface area contributed by atoms with E-state index < -0.39 is 17.8 Å². The van der Waals surface area contributed by atoms with Crippen molar-refractivity contribution in [2.45, 2.75) is 26.3 Å². The van der Waals surface area contributed by atoms with E-state index in [1.807, 2.05) is 13.8 Å². The second kappa shape index (κ2) is 11.0. The standard InChI is InChI=1S/C24H22ClN3O5S/c1-13(2)21-20(34-12-27-21)10-19(24(32)33)28-23(31)17-7-6-15(9-18(17)25)22(30)26-11-14-4-3-5-16(29)8-14/h3-10,12-13,29H,11H2,1-2H3,(H,26,30)(H,28,31)(H,32,33). The number of benzene rings is 2. The molecule has 0 fully saturated rings. The molecule has 3 aromatic rings. The average molecular weight is 500 g/mol. The molecule has 1 heterocycles. The Labute approximate surface area is 204 Å². The number of thiazole rings is 1. The van der Waals surface area contributed by atoms with Crippen molar-refractivity contribution in [3.8, 4) is 5.75 Å². The first-order valence-electron chi connectivity index (χ1n) is 10.2. The minimum Gasteiger partial charge on any atom is -0.508 e. The predicted molar refractivity (Wildman–Crippen MR) is 130 cm³/mol. The fourth-order valence-electron chi connectivity index (χ4n) is 3.07. The van der Waals surface area contributed by atoms with Crippen molar-refractivity contribution >= 4 is 46.8 Å². The lowest BCUT2D eigenvalue weighted by Gasteiger charge is -2.10. The fourth-order valence-corrected chi connectivity index (χ4v) is 4.21. The van der Waals surface area contributed by atoms with Crippen molar-refractivity contribution in [3.05, 3.63) is 86.0 Å². The number of aromatic nitrogens is 1. The number of hydrogen-bond acceptors (Lipinski definition) is 6. The van der Waals surface area contributed by atoms with Crippen LogP contribution in [0.2, 0.25) is 5.02 Å². The van der Waals surface area contributed by atoms with Crippen molar-refractivity contribution < 1.29 is 24.6 Å². The van der Waals surface area contributed by atoms with Gasteiger partial charge in [-0.15, -0.1) is 11.3 Å². The SMILES string of the molecule is CC(C)c1ncsc1C=C(NC(=O)c1ccc(C(=O)NCc2cccc(O)c2)cc1Cl)C(=O)O. The third-order valence-electron chi connectivity index (χ3n) is 4.76. The van der Waals surface area contributed by atoms with E-state index in [1.54, 1.807) is 17.6 Å². The Bertz CT molecular complexity index is 1270. The van der Waals surface area contributed by atoms with Gasteiger partial charge in [0.05, 0.1) is 26.7 Å². The molecule has 0 bridgehead atoms. The van der Waals surface area contributed by atoms with E-state index in [0.29, 0.717) is 10.4 Å². The van der Waals surface area contributed by atoms with Gasteiger partial charge < -0.3 is 20.8 Å². The first-order chi connectivity index (χ1) is 16.2. The number of amides is 2. The number of aromatic hydroxyl groups is 1. The molecule has 176 valence electrons. The van der Waals surface area contributed by atoms with Gasteiger partial charge in [-0.3, -0.25) is 9.59 Å². The molecule has 10 heteroatoms. The number of phenolic OH excluding ortho intramolecular Hbond substituents is 1. The smallest absolute Gasteiger partial charge is 0.352 e. The first-order valence-corrected chi connectivity index (χ1v) is 11.5. The van der Waals surface area contributed by atoms with Gasteiger partial charge in [0.15, 0.2) is 0 Å². The van der Waals surface area contributed by atoms with Gasteiger partial charge in [0.1, 0.15) is 11.4 Å². The summed E-state index contributed by atoms with van der Waals surface area (Å²) in [6, 6.07) is 10.6. The van der Waals surface area contributed by atoms with E-state index in [9.17, 15) is 24.6 Å². The molecule has 0 atom stereocenters. The molecule has 0 saturated heterocycles. The number of aliphatic carboxylic acids is 1. The summed E-state index contributed by atoms with van der Waals surface area (Å²) in [5.74, 6) is -2.27.